The number of hydrogen-bond donors (Lipinski definition) is 0. The standard InChI is InChI=1S/C72H50O/c1-5-15-49(16-6-1)53-28-29-57-42-58(59-34-30-54(44-66(59)65(57)43-53)50-17-7-2-8-18-50)39-48-27-38-72-70(41-48)61-24-14-13-23-60(61)69-40-47(26-37-71(69)73-72)25-33-62-63-35-31-55(51-19-9-3-10-20-51)45-67(63)68-46-56(32-36-64(62)68)52-21-11-4-12-22-52/h1-24,26-32,34-38,40-46,62H,25,33,39H2. The maximum atomic E-state index is 6.94. The molecule has 1 nitrogen and oxygen atoms in total. The van der Waals surface area contributed by atoms with Crippen LogP contribution < -0.4 is 4.74 Å². The summed E-state index contributed by atoms with van der Waals surface area (Å²) < 4.78 is 6.94. The Hall–Kier alpha value is -9.04. The van der Waals surface area contributed by atoms with Crippen molar-refractivity contribution in [3.63, 3.8) is 0 Å². The maximum absolute atomic E-state index is 6.94. The Balaban J connectivity index is 0.791. The van der Waals surface area contributed by atoms with Gasteiger partial charge in [-0.3, -0.25) is 0 Å². The van der Waals surface area contributed by atoms with E-state index in [2.05, 4.69) is 261 Å². The number of rotatable bonds is 9. The van der Waals surface area contributed by atoms with Crippen LogP contribution in [0.15, 0.2) is 261 Å². The average molecular weight is 931 g/mol. The first-order chi connectivity index (χ1) is 36.1. The van der Waals surface area contributed by atoms with Crippen LogP contribution in [0.25, 0.3) is 99.4 Å². The first-order valence-corrected chi connectivity index (χ1v) is 25.7. The summed E-state index contributed by atoms with van der Waals surface area (Å²) >= 11 is 0. The summed E-state index contributed by atoms with van der Waals surface area (Å²) in [4.78, 5) is 0. The lowest BCUT2D eigenvalue weighted by Crippen LogP contribution is -2.00. The fraction of sp³-hybridized carbons (Fsp3) is 0.0556. The molecule has 1 aliphatic carbocycles. The molecule has 0 aromatic heterocycles. The molecule has 1 heterocycles. The van der Waals surface area contributed by atoms with E-state index in [0.29, 0.717) is 5.92 Å². The molecule has 0 amide bonds. The van der Waals surface area contributed by atoms with Crippen LogP contribution in [0.3, 0.4) is 0 Å². The molecule has 12 aromatic rings. The summed E-state index contributed by atoms with van der Waals surface area (Å²) in [6, 6.07) is 96.2. The van der Waals surface area contributed by atoms with Gasteiger partial charge in [-0.1, -0.05) is 212 Å². The van der Waals surface area contributed by atoms with Crippen LogP contribution in [0.2, 0.25) is 0 Å². The van der Waals surface area contributed by atoms with Gasteiger partial charge in [-0.25, -0.2) is 0 Å². The van der Waals surface area contributed by atoms with Gasteiger partial charge in [0.15, 0.2) is 0 Å². The number of aryl methyl sites for hydroxylation is 1. The van der Waals surface area contributed by atoms with E-state index < -0.39 is 0 Å². The van der Waals surface area contributed by atoms with Crippen LogP contribution in [0, 0.1) is 0 Å². The molecule has 73 heavy (non-hydrogen) atoms. The molecule has 0 spiro atoms. The Morgan fingerprint density at radius 2 is 0.740 bits per heavy atom. The second-order valence-electron chi connectivity index (χ2n) is 19.9. The van der Waals surface area contributed by atoms with Gasteiger partial charge in [-0.05, 0) is 184 Å². The third-order valence-electron chi connectivity index (χ3n) is 15.5. The fourth-order valence-corrected chi connectivity index (χ4v) is 11.9. The number of hydrogen-bond acceptors (Lipinski definition) is 1. The monoisotopic (exact) mass is 930 g/mol. The first kappa shape index (κ1) is 42.8. The van der Waals surface area contributed by atoms with Crippen LogP contribution in [0.1, 0.15) is 40.2 Å². The minimum Gasteiger partial charge on any atom is -0.456 e. The van der Waals surface area contributed by atoms with Gasteiger partial charge >= 0.3 is 0 Å². The van der Waals surface area contributed by atoms with Crippen molar-refractivity contribution in [1.29, 1.82) is 0 Å². The van der Waals surface area contributed by atoms with Gasteiger partial charge in [-0.15, -0.1) is 0 Å². The number of benzene rings is 12. The Kier molecular flexibility index (Phi) is 10.5. The van der Waals surface area contributed by atoms with E-state index in [4.69, 9.17) is 4.74 Å². The molecule has 12 aromatic carbocycles. The van der Waals surface area contributed by atoms with E-state index in [-0.39, 0.29) is 0 Å². The van der Waals surface area contributed by atoms with Crippen LogP contribution in [0.4, 0.5) is 0 Å². The summed E-state index contributed by atoms with van der Waals surface area (Å²) in [5.74, 6) is 2.07. The highest BCUT2D eigenvalue weighted by Gasteiger charge is 2.30. The van der Waals surface area contributed by atoms with Gasteiger partial charge in [0.1, 0.15) is 11.5 Å². The fourth-order valence-electron chi connectivity index (χ4n) is 11.9. The van der Waals surface area contributed by atoms with E-state index in [1.54, 1.807) is 0 Å². The number of ether oxygens (including phenoxy) is 1. The molecular weight excluding hydrogens is 881 g/mol. The lowest BCUT2D eigenvalue weighted by atomic mass is 9.88. The predicted molar refractivity (Wildman–Crippen MR) is 305 cm³/mol. The van der Waals surface area contributed by atoms with Gasteiger partial charge in [0, 0.05) is 17.0 Å². The molecule has 344 valence electrons. The molecule has 1 heteroatoms. The van der Waals surface area contributed by atoms with Crippen LogP contribution >= 0.6 is 0 Å². The molecule has 2 aliphatic rings. The average Bonchev–Trinajstić information content (AvgIpc) is 3.70. The molecule has 0 saturated carbocycles. The largest absolute Gasteiger partial charge is 0.456 e. The Labute approximate surface area is 427 Å². The second-order valence-corrected chi connectivity index (χ2v) is 19.9. The second kappa shape index (κ2) is 18.0. The molecular formula is C72H50O. The first-order valence-electron chi connectivity index (χ1n) is 25.7. The van der Waals surface area contributed by atoms with Crippen molar-refractivity contribution < 1.29 is 4.74 Å². The summed E-state index contributed by atoms with van der Waals surface area (Å²) in [6.45, 7) is 0. The van der Waals surface area contributed by atoms with Crippen molar-refractivity contribution in [2.75, 3.05) is 0 Å². The number of fused-ring (bicyclic) bond motifs is 11. The highest BCUT2D eigenvalue weighted by Crippen LogP contribution is 2.51. The minimum atomic E-state index is 0.294. The van der Waals surface area contributed by atoms with Gasteiger partial charge in [0.05, 0.1) is 0 Å². The Bertz CT molecular complexity index is 3970. The zero-order valence-electron chi connectivity index (χ0n) is 40.4. The third kappa shape index (κ3) is 7.82. The SMILES string of the molecule is c1ccc(-c2ccc3c(c2)-c2cc(-c4ccccc4)ccc2C3CCc2ccc3c(c2)-c2ccccc2-c2cc(Cc4cc5ccc(-c6ccccc6)cc5c5cc(-c6ccccc6)ccc45)ccc2O3)cc1. The molecule has 0 saturated heterocycles. The van der Waals surface area contributed by atoms with Crippen LogP contribution in [-0.2, 0) is 12.8 Å². The zero-order valence-corrected chi connectivity index (χ0v) is 40.4. The smallest absolute Gasteiger partial charge is 0.135 e. The highest BCUT2D eigenvalue weighted by atomic mass is 16.5. The highest BCUT2D eigenvalue weighted by molar-refractivity contribution is 6.11. The van der Waals surface area contributed by atoms with Crippen molar-refractivity contribution >= 4 is 21.5 Å². The molecule has 14 rings (SSSR count). The Morgan fingerprint density at radius 1 is 0.288 bits per heavy atom. The molecule has 0 atom stereocenters. The van der Waals surface area contributed by atoms with Gasteiger partial charge < -0.3 is 4.74 Å². The van der Waals surface area contributed by atoms with Crippen molar-refractivity contribution in [3.8, 4) is 89.4 Å². The third-order valence-corrected chi connectivity index (χ3v) is 15.5. The lowest BCUT2D eigenvalue weighted by Gasteiger charge is -2.16. The molecule has 0 unspecified atom stereocenters. The van der Waals surface area contributed by atoms with Gasteiger partial charge in [0.2, 0.25) is 0 Å². The molecule has 0 bridgehead atoms. The maximum Gasteiger partial charge on any atom is 0.135 e. The Morgan fingerprint density at radius 3 is 1.29 bits per heavy atom. The minimum absolute atomic E-state index is 0.294. The zero-order chi connectivity index (χ0) is 48.2. The topological polar surface area (TPSA) is 9.23 Å². The van der Waals surface area contributed by atoms with E-state index in [9.17, 15) is 0 Å². The van der Waals surface area contributed by atoms with Gasteiger partial charge in [-0.2, -0.15) is 0 Å². The molecule has 0 fully saturated rings. The molecule has 0 radical (unpaired) electrons. The van der Waals surface area contributed by atoms with Crippen LogP contribution in [0.5, 0.6) is 11.5 Å². The summed E-state index contributed by atoms with van der Waals surface area (Å²) in [6.07, 6.45) is 2.74. The van der Waals surface area contributed by atoms with Gasteiger partial charge in [0.25, 0.3) is 0 Å². The van der Waals surface area contributed by atoms with E-state index in [0.717, 1.165) is 41.9 Å². The van der Waals surface area contributed by atoms with E-state index in [1.807, 2.05) is 0 Å². The van der Waals surface area contributed by atoms with Crippen LogP contribution in [-0.4, -0.2) is 0 Å². The molecule has 1 aliphatic heterocycles. The summed E-state index contributed by atoms with van der Waals surface area (Å²) in [5, 5.41) is 5.07. The molecule has 0 N–H and O–H groups in total. The summed E-state index contributed by atoms with van der Waals surface area (Å²) in [7, 11) is 0. The van der Waals surface area contributed by atoms with Crippen molar-refractivity contribution in [1.82, 2.24) is 0 Å². The predicted octanol–water partition coefficient (Wildman–Crippen LogP) is 19.4. The quantitative estimate of drug-likeness (QED) is 0.131. The van der Waals surface area contributed by atoms with E-state index >= 15 is 0 Å². The summed E-state index contributed by atoms with van der Waals surface area (Å²) in [5.41, 5.74) is 24.0. The van der Waals surface area contributed by atoms with Crippen molar-refractivity contribution in [3.05, 3.63) is 289 Å². The normalized spacial score (nSPS) is 12.3. The van der Waals surface area contributed by atoms with E-state index in [1.165, 1.54) is 116 Å². The van der Waals surface area contributed by atoms with Crippen molar-refractivity contribution in [2.45, 2.75) is 25.2 Å². The van der Waals surface area contributed by atoms with Crippen molar-refractivity contribution in [2.24, 2.45) is 0 Å². The lowest BCUT2D eigenvalue weighted by molar-refractivity contribution is 0.487.